The van der Waals surface area contributed by atoms with Gasteiger partial charge in [-0.3, -0.25) is 14.4 Å². The van der Waals surface area contributed by atoms with Gasteiger partial charge in [-0.05, 0) is 109 Å². The lowest BCUT2D eigenvalue weighted by molar-refractivity contribution is -0.167. The summed E-state index contributed by atoms with van der Waals surface area (Å²) >= 11 is 0. The molecule has 0 aromatic heterocycles. The molecule has 0 aliphatic carbocycles. The molecule has 462 valence electrons. The van der Waals surface area contributed by atoms with Crippen LogP contribution in [0.1, 0.15) is 316 Å². The molecule has 0 fully saturated rings. The molecule has 6 nitrogen and oxygen atoms in total. The molecule has 0 amide bonds. The number of hydrogen-bond donors (Lipinski definition) is 0. The van der Waals surface area contributed by atoms with Gasteiger partial charge < -0.3 is 14.2 Å². The summed E-state index contributed by atoms with van der Waals surface area (Å²) in [6.45, 7) is 6.50. The summed E-state index contributed by atoms with van der Waals surface area (Å²) in [5, 5.41) is 0. The van der Waals surface area contributed by atoms with Crippen LogP contribution in [0.25, 0.3) is 0 Å². The highest BCUT2D eigenvalue weighted by Crippen LogP contribution is 2.16. The van der Waals surface area contributed by atoms with E-state index in [1.807, 2.05) is 0 Å². The number of carbonyl (C=O) groups is 3. The van der Waals surface area contributed by atoms with Gasteiger partial charge in [0.2, 0.25) is 0 Å². The molecule has 0 N–H and O–H groups in total. The van der Waals surface area contributed by atoms with E-state index < -0.39 is 6.10 Å². The van der Waals surface area contributed by atoms with Crippen LogP contribution in [0.5, 0.6) is 0 Å². The van der Waals surface area contributed by atoms with E-state index in [0.29, 0.717) is 19.3 Å². The summed E-state index contributed by atoms with van der Waals surface area (Å²) in [5.41, 5.74) is 0. The zero-order valence-electron chi connectivity index (χ0n) is 53.0. The van der Waals surface area contributed by atoms with Crippen molar-refractivity contribution in [3.8, 4) is 0 Å². The average molecular weight is 1120 g/mol. The minimum Gasteiger partial charge on any atom is -0.462 e. The van der Waals surface area contributed by atoms with Crippen LogP contribution in [0.2, 0.25) is 0 Å². The number of unbranched alkanes of at least 4 members (excludes halogenated alkanes) is 30. The minimum atomic E-state index is -0.805. The SMILES string of the molecule is CC/C=C\C/C=C\C/C=C\C/C=C\C/C=C\C/C=C\C/C=C\C/C=C\C/C=C\CCCC(=O)OCC(COC(=O)CCCCCCCCCCCCCCCCC)OC(=O)CCCCCCCCCCC/C=C\CCCCCCCC. The fourth-order valence-corrected chi connectivity index (χ4v) is 9.38. The first kappa shape index (κ1) is 76.8. The lowest BCUT2D eigenvalue weighted by Crippen LogP contribution is -2.30. The molecule has 0 aliphatic heterocycles. The molecular weight excluding hydrogens is 997 g/mol. The molecule has 0 rings (SSSR count). The number of rotatable bonds is 61. The van der Waals surface area contributed by atoms with Crippen molar-refractivity contribution in [2.24, 2.45) is 0 Å². The first-order chi connectivity index (χ1) is 40.0. The van der Waals surface area contributed by atoms with Crippen LogP contribution in [0.4, 0.5) is 0 Å². The number of allylic oxidation sites excluding steroid dienone is 20. The Hall–Kier alpha value is -4.19. The molecule has 0 heterocycles. The standard InChI is InChI=1S/C75H126O6/c1-4-7-10-13-16-19-22-25-28-30-32-33-34-35-36-37-38-39-40-41-43-44-47-50-53-56-59-62-65-68-74(77)80-71-72(70-79-73(76)67-64-61-58-55-52-49-46-27-24-21-18-15-12-9-6-3)81-75(78)69-66-63-60-57-54-51-48-45-42-31-29-26-23-20-17-14-11-8-5-2/h7,10,16,19,25-26,28-29,32-33,35-36,38-39,41,43,47,50,56,59,72H,4-6,8-9,11-15,17-18,20-24,27,30-31,34,37,40,42,44-46,48-49,51-55,57-58,60-71H2,1-3H3/b10-7-,19-16-,28-25-,29-26-,33-32-,36-35-,39-38-,43-41-,50-47-,59-56-. The third-order valence-electron chi connectivity index (χ3n) is 14.5. The number of carbonyl (C=O) groups excluding carboxylic acids is 3. The van der Waals surface area contributed by atoms with E-state index in [4.69, 9.17) is 14.2 Å². The van der Waals surface area contributed by atoms with Gasteiger partial charge in [0.1, 0.15) is 13.2 Å². The van der Waals surface area contributed by atoms with Crippen molar-refractivity contribution in [1.29, 1.82) is 0 Å². The van der Waals surface area contributed by atoms with Crippen molar-refractivity contribution in [2.75, 3.05) is 13.2 Å². The molecule has 0 aliphatic rings. The maximum absolute atomic E-state index is 12.9. The third-order valence-corrected chi connectivity index (χ3v) is 14.5. The van der Waals surface area contributed by atoms with Gasteiger partial charge in [-0.2, -0.15) is 0 Å². The van der Waals surface area contributed by atoms with E-state index in [1.165, 1.54) is 167 Å². The minimum absolute atomic E-state index is 0.0956. The largest absolute Gasteiger partial charge is 0.462 e. The van der Waals surface area contributed by atoms with Crippen LogP contribution in [0, 0.1) is 0 Å². The second-order valence-corrected chi connectivity index (χ2v) is 22.4. The molecule has 1 atom stereocenters. The summed E-state index contributed by atoms with van der Waals surface area (Å²) in [4.78, 5) is 38.4. The van der Waals surface area contributed by atoms with Crippen molar-refractivity contribution >= 4 is 17.9 Å². The van der Waals surface area contributed by atoms with Gasteiger partial charge in [0.25, 0.3) is 0 Å². The van der Waals surface area contributed by atoms with Crippen LogP contribution in [0.15, 0.2) is 122 Å². The maximum Gasteiger partial charge on any atom is 0.306 e. The number of hydrogen-bond acceptors (Lipinski definition) is 6. The Balaban J connectivity index is 4.45. The lowest BCUT2D eigenvalue weighted by atomic mass is 10.0. The molecule has 0 spiro atoms. The monoisotopic (exact) mass is 1120 g/mol. The lowest BCUT2D eigenvalue weighted by Gasteiger charge is -2.18. The first-order valence-corrected chi connectivity index (χ1v) is 34.0. The second-order valence-electron chi connectivity index (χ2n) is 22.4. The van der Waals surface area contributed by atoms with E-state index in [-0.39, 0.29) is 37.5 Å². The van der Waals surface area contributed by atoms with Gasteiger partial charge in [-0.1, -0.05) is 309 Å². The molecule has 0 aromatic carbocycles. The number of esters is 3. The van der Waals surface area contributed by atoms with Gasteiger partial charge in [0, 0.05) is 19.3 Å². The first-order valence-electron chi connectivity index (χ1n) is 34.0. The highest BCUT2D eigenvalue weighted by molar-refractivity contribution is 5.71. The zero-order chi connectivity index (χ0) is 58.5. The fraction of sp³-hybridized carbons (Fsp3) is 0.693. The van der Waals surface area contributed by atoms with Crippen molar-refractivity contribution in [3.63, 3.8) is 0 Å². The Morgan fingerprint density at radius 1 is 0.259 bits per heavy atom. The van der Waals surface area contributed by atoms with Gasteiger partial charge >= 0.3 is 17.9 Å². The Kier molecular flexibility index (Phi) is 64.8. The van der Waals surface area contributed by atoms with Gasteiger partial charge in [0.05, 0.1) is 0 Å². The molecule has 0 radical (unpaired) electrons. The molecule has 0 aromatic rings. The normalized spacial score (nSPS) is 12.9. The van der Waals surface area contributed by atoms with Crippen molar-refractivity contribution in [3.05, 3.63) is 122 Å². The molecule has 0 bridgehead atoms. The van der Waals surface area contributed by atoms with Crippen LogP contribution < -0.4 is 0 Å². The molecule has 0 saturated carbocycles. The van der Waals surface area contributed by atoms with Crippen molar-refractivity contribution < 1.29 is 28.6 Å². The van der Waals surface area contributed by atoms with Crippen molar-refractivity contribution in [2.45, 2.75) is 322 Å². The zero-order valence-corrected chi connectivity index (χ0v) is 53.0. The van der Waals surface area contributed by atoms with Crippen LogP contribution >= 0.6 is 0 Å². The van der Waals surface area contributed by atoms with E-state index in [2.05, 4.69) is 142 Å². The average Bonchev–Trinajstić information content (AvgIpc) is 3.47. The van der Waals surface area contributed by atoms with Crippen LogP contribution in [-0.2, 0) is 28.6 Å². The van der Waals surface area contributed by atoms with Crippen LogP contribution in [-0.4, -0.2) is 37.2 Å². The summed E-state index contributed by atoms with van der Waals surface area (Å²) in [6.07, 6.45) is 95.0. The summed E-state index contributed by atoms with van der Waals surface area (Å²) in [5.74, 6) is -0.950. The van der Waals surface area contributed by atoms with Gasteiger partial charge in [0.15, 0.2) is 6.10 Å². The Morgan fingerprint density at radius 2 is 0.494 bits per heavy atom. The Morgan fingerprint density at radius 3 is 0.815 bits per heavy atom. The quantitative estimate of drug-likeness (QED) is 0.0261. The molecule has 6 heteroatoms. The molecular formula is C75H126O6. The summed E-state index contributed by atoms with van der Waals surface area (Å²) in [6, 6.07) is 0. The van der Waals surface area contributed by atoms with E-state index in [9.17, 15) is 14.4 Å². The molecule has 0 saturated heterocycles. The summed E-state index contributed by atoms with van der Waals surface area (Å²) < 4.78 is 16.9. The number of ether oxygens (including phenoxy) is 3. The Bertz CT molecular complexity index is 1670. The van der Waals surface area contributed by atoms with E-state index in [0.717, 1.165) is 103 Å². The van der Waals surface area contributed by atoms with E-state index in [1.54, 1.807) is 0 Å². The fourth-order valence-electron chi connectivity index (χ4n) is 9.38. The van der Waals surface area contributed by atoms with Crippen LogP contribution in [0.3, 0.4) is 0 Å². The summed E-state index contributed by atoms with van der Waals surface area (Å²) in [7, 11) is 0. The smallest absolute Gasteiger partial charge is 0.306 e. The predicted octanol–water partition coefficient (Wildman–Crippen LogP) is 23.6. The maximum atomic E-state index is 12.9. The third kappa shape index (κ3) is 66.5. The topological polar surface area (TPSA) is 78.9 Å². The van der Waals surface area contributed by atoms with Gasteiger partial charge in [-0.25, -0.2) is 0 Å². The molecule has 81 heavy (non-hydrogen) atoms. The Labute approximate surface area is 501 Å². The second kappa shape index (κ2) is 68.3. The highest BCUT2D eigenvalue weighted by atomic mass is 16.6. The van der Waals surface area contributed by atoms with Crippen molar-refractivity contribution in [1.82, 2.24) is 0 Å². The molecule has 1 unspecified atom stereocenters. The highest BCUT2D eigenvalue weighted by Gasteiger charge is 2.19. The predicted molar refractivity (Wildman–Crippen MR) is 353 cm³/mol. The van der Waals surface area contributed by atoms with Gasteiger partial charge in [-0.15, -0.1) is 0 Å². The van der Waals surface area contributed by atoms with E-state index >= 15 is 0 Å².